The number of rotatable bonds is 7. The Kier molecular flexibility index (Phi) is 6.50. The van der Waals surface area contributed by atoms with Gasteiger partial charge in [-0.1, -0.05) is 31.5 Å². The summed E-state index contributed by atoms with van der Waals surface area (Å²) in [5.74, 6) is 0.829. The third-order valence-corrected chi connectivity index (χ3v) is 6.05. The molecular weight excluding hydrogens is 374 g/mol. The van der Waals surface area contributed by atoms with Crippen molar-refractivity contribution in [3.63, 3.8) is 0 Å². The van der Waals surface area contributed by atoms with Crippen molar-refractivity contribution >= 4 is 10.8 Å². The first kappa shape index (κ1) is 20.6. The molecule has 0 saturated carbocycles. The Balaban J connectivity index is 1.55. The number of ether oxygens (including phenoxy) is 1. The van der Waals surface area contributed by atoms with Gasteiger partial charge in [-0.25, -0.2) is 0 Å². The molecule has 1 aromatic heterocycles. The Morgan fingerprint density at radius 3 is 2.57 bits per heavy atom. The van der Waals surface area contributed by atoms with Crippen LogP contribution < -0.4 is 10.3 Å². The zero-order valence-corrected chi connectivity index (χ0v) is 18.0. The summed E-state index contributed by atoms with van der Waals surface area (Å²) in [6, 6.07) is 14.4. The number of fused-ring (bicyclic) bond motifs is 1. The van der Waals surface area contributed by atoms with Crippen molar-refractivity contribution in [2.45, 2.75) is 26.3 Å². The summed E-state index contributed by atoms with van der Waals surface area (Å²) < 4.78 is 5.63. The normalized spacial score (nSPS) is 15.5. The fraction of sp³-hybridized carbons (Fsp3) is 0.400. The summed E-state index contributed by atoms with van der Waals surface area (Å²) in [5, 5.41) is 1.64. The van der Waals surface area contributed by atoms with Crippen molar-refractivity contribution in [2.75, 3.05) is 39.8 Å². The summed E-state index contributed by atoms with van der Waals surface area (Å²) in [6.45, 7) is 8.92. The molecule has 0 atom stereocenters. The molecule has 1 aliphatic heterocycles. The molecule has 5 heteroatoms. The van der Waals surface area contributed by atoms with Gasteiger partial charge < -0.3 is 14.6 Å². The summed E-state index contributed by atoms with van der Waals surface area (Å²) in [4.78, 5) is 20.1. The Morgan fingerprint density at radius 1 is 1.00 bits per heavy atom. The smallest absolute Gasteiger partial charge is 0.255 e. The van der Waals surface area contributed by atoms with E-state index in [4.69, 9.17) is 4.74 Å². The molecule has 0 aliphatic carbocycles. The van der Waals surface area contributed by atoms with Crippen molar-refractivity contribution in [1.82, 2.24) is 14.8 Å². The van der Waals surface area contributed by atoms with Crippen LogP contribution in [-0.4, -0.2) is 54.6 Å². The van der Waals surface area contributed by atoms with Crippen LogP contribution in [0.2, 0.25) is 0 Å². The van der Waals surface area contributed by atoms with E-state index in [2.05, 4.69) is 39.9 Å². The number of hydrogen-bond acceptors (Lipinski definition) is 4. The maximum absolute atomic E-state index is 12.2. The number of nitrogens with one attached hydrogen (secondary N) is 1. The lowest BCUT2D eigenvalue weighted by atomic mass is 9.99. The van der Waals surface area contributed by atoms with Gasteiger partial charge in [0.2, 0.25) is 0 Å². The first-order valence-electron chi connectivity index (χ1n) is 10.9. The molecule has 2 aromatic carbocycles. The van der Waals surface area contributed by atoms with Crippen LogP contribution in [0.25, 0.3) is 21.9 Å². The highest BCUT2D eigenvalue weighted by Crippen LogP contribution is 2.32. The third kappa shape index (κ3) is 4.58. The second-order valence-electron chi connectivity index (χ2n) is 8.11. The van der Waals surface area contributed by atoms with Gasteiger partial charge in [0.05, 0.1) is 7.11 Å². The molecule has 2 heterocycles. The maximum atomic E-state index is 12.2. The summed E-state index contributed by atoms with van der Waals surface area (Å²) in [6.07, 6.45) is 4.24. The monoisotopic (exact) mass is 405 g/mol. The fourth-order valence-corrected chi connectivity index (χ4v) is 4.24. The van der Waals surface area contributed by atoms with Crippen LogP contribution in [0.3, 0.4) is 0 Å². The molecule has 0 bridgehead atoms. The first-order valence-corrected chi connectivity index (χ1v) is 10.9. The van der Waals surface area contributed by atoms with Gasteiger partial charge in [-0.05, 0) is 53.7 Å². The highest BCUT2D eigenvalue weighted by Gasteiger charge is 2.17. The van der Waals surface area contributed by atoms with Crippen molar-refractivity contribution < 1.29 is 4.74 Å². The number of aromatic amines is 1. The number of aromatic nitrogens is 1. The molecular formula is C25H31N3O2. The van der Waals surface area contributed by atoms with E-state index >= 15 is 0 Å². The number of unbranched alkanes of at least 4 members (excludes halogenated alkanes) is 1. The molecule has 0 radical (unpaired) electrons. The van der Waals surface area contributed by atoms with Gasteiger partial charge in [0, 0.05) is 49.9 Å². The van der Waals surface area contributed by atoms with E-state index < -0.39 is 0 Å². The molecule has 1 fully saturated rings. The highest BCUT2D eigenvalue weighted by atomic mass is 16.5. The molecule has 0 amide bonds. The molecule has 0 unspecified atom stereocenters. The summed E-state index contributed by atoms with van der Waals surface area (Å²) in [7, 11) is 1.70. The molecule has 0 spiro atoms. The molecule has 4 rings (SSSR count). The van der Waals surface area contributed by atoms with Gasteiger partial charge >= 0.3 is 0 Å². The number of methoxy groups -OCH3 is 1. The lowest BCUT2D eigenvalue weighted by molar-refractivity contribution is 0.126. The van der Waals surface area contributed by atoms with E-state index in [-0.39, 0.29) is 5.56 Å². The third-order valence-electron chi connectivity index (χ3n) is 6.05. The van der Waals surface area contributed by atoms with Gasteiger partial charge in [0.15, 0.2) is 0 Å². The second kappa shape index (κ2) is 9.45. The average Bonchev–Trinajstić information content (AvgIpc) is 2.79. The van der Waals surface area contributed by atoms with E-state index in [1.165, 1.54) is 24.9 Å². The van der Waals surface area contributed by atoms with Gasteiger partial charge in [0.1, 0.15) is 5.75 Å². The highest BCUT2D eigenvalue weighted by molar-refractivity contribution is 5.87. The molecule has 1 aliphatic rings. The zero-order chi connectivity index (χ0) is 20.9. The quantitative estimate of drug-likeness (QED) is 0.642. The van der Waals surface area contributed by atoms with E-state index in [9.17, 15) is 4.79 Å². The maximum Gasteiger partial charge on any atom is 0.255 e. The average molecular weight is 406 g/mol. The standard InChI is InChI=1S/C25H31N3O2/c1-3-4-11-27-12-14-28(15-13-27)18-19-5-8-24(30-2)22(16-19)21-7-6-20-9-10-26-25(29)23(20)17-21/h5-10,16-17H,3-4,11-15,18H2,1-2H3,(H,26,29). The van der Waals surface area contributed by atoms with Gasteiger partial charge in [-0.3, -0.25) is 9.69 Å². The SMILES string of the molecule is CCCCN1CCN(Cc2ccc(OC)c(-c3ccc4cc[nH]c(=O)c4c3)c2)CC1. The fourth-order valence-electron chi connectivity index (χ4n) is 4.24. The lowest BCUT2D eigenvalue weighted by Gasteiger charge is -2.34. The lowest BCUT2D eigenvalue weighted by Crippen LogP contribution is -2.46. The molecule has 5 nitrogen and oxygen atoms in total. The topological polar surface area (TPSA) is 48.6 Å². The molecule has 1 saturated heterocycles. The van der Waals surface area contributed by atoms with Crippen LogP contribution in [0.1, 0.15) is 25.3 Å². The van der Waals surface area contributed by atoms with Crippen molar-refractivity contribution in [1.29, 1.82) is 0 Å². The number of hydrogen-bond donors (Lipinski definition) is 1. The van der Waals surface area contributed by atoms with Gasteiger partial charge in [-0.15, -0.1) is 0 Å². The van der Waals surface area contributed by atoms with Crippen molar-refractivity contribution in [3.8, 4) is 16.9 Å². The Morgan fingerprint density at radius 2 is 1.80 bits per heavy atom. The Labute approximate surface area is 178 Å². The predicted octanol–water partition coefficient (Wildman–Crippen LogP) is 4.12. The second-order valence-corrected chi connectivity index (χ2v) is 8.11. The van der Waals surface area contributed by atoms with Crippen LogP contribution >= 0.6 is 0 Å². The minimum Gasteiger partial charge on any atom is -0.496 e. The van der Waals surface area contributed by atoms with Crippen LogP contribution in [0, 0.1) is 0 Å². The number of nitrogens with zero attached hydrogens (tertiary/aromatic N) is 2. The first-order chi connectivity index (χ1) is 14.7. The minimum absolute atomic E-state index is 0.0644. The summed E-state index contributed by atoms with van der Waals surface area (Å²) >= 11 is 0. The largest absolute Gasteiger partial charge is 0.496 e. The zero-order valence-electron chi connectivity index (χ0n) is 18.0. The number of pyridine rings is 1. The van der Waals surface area contributed by atoms with Crippen LogP contribution in [0.15, 0.2) is 53.5 Å². The molecule has 30 heavy (non-hydrogen) atoms. The van der Waals surface area contributed by atoms with Crippen molar-refractivity contribution in [2.24, 2.45) is 0 Å². The Bertz CT molecular complexity index is 1050. The number of benzene rings is 2. The minimum atomic E-state index is -0.0644. The van der Waals surface area contributed by atoms with Crippen LogP contribution in [-0.2, 0) is 6.54 Å². The van der Waals surface area contributed by atoms with Crippen LogP contribution in [0.5, 0.6) is 5.75 Å². The van der Waals surface area contributed by atoms with E-state index in [0.29, 0.717) is 5.39 Å². The van der Waals surface area contributed by atoms with Crippen LogP contribution in [0.4, 0.5) is 0 Å². The van der Waals surface area contributed by atoms with E-state index in [1.54, 1.807) is 13.3 Å². The Hall–Kier alpha value is -2.63. The van der Waals surface area contributed by atoms with Crippen molar-refractivity contribution in [3.05, 3.63) is 64.6 Å². The van der Waals surface area contributed by atoms with Gasteiger partial charge in [-0.2, -0.15) is 0 Å². The van der Waals surface area contributed by atoms with E-state index in [0.717, 1.165) is 55.0 Å². The molecule has 158 valence electrons. The molecule has 1 N–H and O–H groups in total. The predicted molar refractivity (Wildman–Crippen MR) is 123 cm³/mol. The number of H-pyrrole nitrogens is 1. The summed E-state index contributed by atoms with van der Waals surface area (Å²) in [5.41, 5.74) is 3.24. The van der Waals surface area contributed by atoms with Gasteiger partial charge in [0.25, 0.3) is 5.56 Å². The van der Waals surface area contributed by atoms with E-state index in [1.807, 2.05) is 24.3 Å². The number of piperazine rings is 1. The molecule has 3 aromatic rings.